The third kappa shape index (κ3) is 10.3. The second-order valence-electron chi connectivity index (χ2n) is 30.1. The molecule has 18 N–H and O–H groups in total. The fourth-order valence-electron chi connectivity index (χ4n) is 19.6. The van der Waals surface area contributed by atoms with Gasteiger partial charge in [-0.05, 0) is 98.7 Å². The Morgan fingerprint density at radius 3 is 1.57 bits per heavy atom. The standard InChI is InChI=1S/C60H98O30/c1-20-29(64)33(68)37(72)48(80-20)87-42-35(70)30(65)21(2)81-50(42)88-43-36(71)32(67)23(19-62)83-51(43)85-40-39(74)41(47(77)78)86-52(44(40)89-49-38(73)34(69)31(66)22(18-61)82-49)84-28-12-13-56(7)24(55(28,5)6)10-14-57(8)25(56)11-15-59-26-16-54(3,4)45(75)46(76)60(26,53(79)90-59)27(63)17-58(57,59)9/h20-46,48-53,61-76,79H,10-19H2,1-9H3,(H,77,78)/t20-,21-,22+,23+,24?,25+,26?,27+,28-,29-,30-,31-,32-,33+,34-,35+,36-,37+,38+,39-,40-,41-,42+,43+,44+,45-,46-,48-,49-,50-,51-,52+,53-,56-,57+,58-,59-,60+/m0/s1. The van der Waals surface area contributed by atoms with Gasteiger partial charge >= 0.3 is 5.97 Å². The van der Waals surface area contributed by atoms with Gasteiger partial charge in [0.15, 0.2) is 43.8 Å². The predicted molar refractivity (Wildman–Crippen MR) is 296 cm³/mol. The van der Waals surface area contributed by atoms with Crippen molar-refractivity contribution in [2.24, 2.45) is 50.2 Å². The lowest BCUT2D eigenvalue weighted by Crippen LogP contribution is -2.76. The van der Waals surface area contributed by atoms with Crippen LogP contribution in [-0.2, 0) is 56.9 Å². The van der Waals surface area contributed by atoms with Crippen molar-refractivity contribution in [1.82, 2.24) is 0 Å². The summed E-state index contributed by atoms with van der Waals surface area (Å²) in [4.78, 5) is 13.4. The van der Waals surface area contributed by atoms with Gasteiger partial charge in [-0.1, -0.05) is 48.5 Å². The Kier molecular flexibility index (Phi) is 18.9. The van der Waals surface area contributed by atoms with Crippen LogP contribution in [0.2, 0.25) is 0 Å². The van der Waals surface area contributed by atoms with E-state index in [4.69, 9.17) is 52.1 Å². The highest BCUT2D eigenvalue weighted by atomic mass is 16.8. The minimum absolute atomic E-state index is 0.0252. The van der Waals surface area contributed by atoms with Crippen molar-refractivity contribution in [2.75, 3.05) is 13.2 Å². The van der Waals surface area contributed by atoms with E-state index in [1.807, 2.05) is 27.7 Å². The lowest BCUT2D eigenvalue weighted by molar-refractivity contribution is -0.412. The normalized spacial score (nSPS) is 58.2. The van der Waals surface area contributed by atoms with Crippen molar-refractivity contribution in [3.05, 3.63) is 0 Å². The van der Waals surface area contributed by atoms with Gasteiger partial charge in [-0.3, -0.25) is 0 Å². The Hall–Kier alpha value is -1.65. The smallest absolute Gasteiger partial charge is 0.335 e. The van der Waals surface area contributed by atoms with E-state index in [1.54, 1.807) is 0 Å². The van der Waals surface area contributed by atoms with Gasteiger partial charge < -0.3 is 144 Å². The SMILES string of the molecule is C[C@@H]1O[C@@H](O[C@H]2[C@H](O[C@H]3[C@H](O[C@H]4[C@H](O)[C@@H](C(=O)O)O[C@@H](O[C@H]5CC[C@@]6(C)C(CC[C@]7(C)[C@@H]6CC[C@]68O[C@H](O)[C@]9(C6CC(C)(C)[C@@H](O)[C@@H]9O)[C@H](O)C[C@]87C)C5(C)C)[C@@H]4O[C@@H]4O[C@H](CO)[C@H](O)[C@H](O)[C@H]4O)O[C@H](CO)[C@H](O)[C@@H]3O)O[C@@H](C)[C@H](O)[C@H]2O)[C@H](O)[C@H](O)[C@H]1O. The van der Waals surface area contributed by atoms with E-state index in [0.29, 0.717) is 38.5 Å². The zero-order valence-electron chi connectivity index (χ0n) is 52.1. The lowest BCUT2D eigenvalue weighted by Gasteiger charge is -2.75. The molecule has 2 bridgehead atoms. The van der Waals surface area contributed by atoms with E-state index in [2.05, 4.69) is 20.8 Å². The van der Waals surface area contributed by atoms with Crippen LogP contribution in [0.15, 0.2) is 0 Å². The number of hydrogen-bond acceptors (Lipinski definition) is 29. The quantitative estimate of drug-likeness (QED) is 0.0767. The van der Waals surface area contributed by atoms with Crippen LogP contribution in [0.25, 0.3) is 0 Å². The molecule has 6 heterocycles. The van der Waals surface area contributed by atoms with Gasteiger partial charge in [-0.25, -0.2) is 4.79 Å². The third-order valence-corrected chi connectivity index (χ3v) is 24.9. The number of carboxylic acids is 1. The van der Waals surface area contributed by atoms with Crippen molar-refractivity contribution in [3.63, 3.8) is 0 Å². The van der Waals surface area contributed by atoms with Gasteiger partial charge in [-0.15, -0.1) is 0 Å². The number of fused-ring (bicyclic) bond motifs is 4. The van der Waals surface area contributed by atoms with Crippen molar-refractivity contribution < 1.29 is 149 Å². The Morgan fingerprint density at radius 2 is 0.956 bits per heavy atom. The zero-order valence-corrected chi connectivity index (χ0v) is 52.1. The van der Waals surface area contributed by atoms with Crippen LogP contribution in [-0.4, -0.2) is 301 Å². The largest absolute Gasteiger partial charge is 0.479 e. The molecule has 90 heavy (non-hydrogen) atoms. The first-order valence-corrected chi connectivity index (χ1v) is 31.8. The monoisotopic (exact) mass is 1300 g/mol. The molecule has 38 atom stereocenters. The van der Waals surface area contributed by atoms with E-state index in [1.165, 1.54) is 13.8 Å². The lowest BCUT2D eigenvalue weighted by atomic mass is 9.30. The van der Waals surface area contributed by atoms with Crippen LogP contribution in [0, 0.1) is 50.2 Å². The average molecular weight is 1300 g/mol. The number of aliphatic hydroxyl groups excluding tert-OH is 17. The Morgan fingerprint density at radius 1 is 0.467 bits per heavy atom. The number of carbonyl (C=O) groups is 1. The number of ether oxygens (including phenoxy) is 11. The second kappa shape index (κ2) is 24.4. The van der Waals surface area contributed by atoms with Gasteiger partial charge in [0.1, 0.15) is 104 Å². The van der Waals surface area contributed by atoms with Crippen LogP contribution in [0.1, 0.15) is 114 Å². The summed E-state index contributed by atoms with van der Waals surface area (Å²) in [6.07, 6.45) is -50.4. The van der Waals surface area contributed by atoms with E-state index in [9.17, 15) is 96.7 Å². The number of carboxylic acid groups (broad SMARTS) is 1. The van der Waals surface area contributed by atoms with Crippen LogP contribution >= 0.6 is 0 Å². The summed E-state index contributed by atoms with van der Waals surface area (Å²) in [6, 6.07) is 0. The number of rotatable bonds is 13. The summed E-state index contributed by atoms with van der Waals surface area (Å²) < 4.78 is 68.5. The molecule has 2 unspecified atom stereocenters. The highest BCUT2D eigenvalue weighted by Crippen LogP contribution is 2.81. The molecule has 1 spiro atoms. The number of aliphatic hydroxyl groups is 17. The molecule has 0 radical (unpaired) electrons. The molecular weight excluding hydrogens is 1200 g/mol. The van der Waals surface area contributed by atoms with Crippen LogP contribution < -0.4 is 0 Å². The summed E-state index contributed by atoms with van der Waals surface area (Å²) in [5.41, 5.74) is -5.87. The highest BCUT2D eigenvalue weighted by Gasteiger charge is 2.85. The van der Waals surface area contributed by atoms with E-state index >= 15 is 0 Å². The van der Waals surface area contributed by atoms with E-state index in [-0.39, 0.29) is 24.7 Å². The van der Waals surface area contributed by atoms with Gasteiger partial charge in [0.05, 0.1) is 60.9 Å². The molecule has 518 valence electrons. The molecule has 5 saturated carbocycles. The zero-order chi connectivity index (χ0) is 66.0. The highest BCUT2D eigenvalue weighted by molar-refractivity contribution is 5.73. The molecular formula is C60H98O30. The fraction of sp³-hybridized carbons (Fsp3) is 0.983. The molecule has 5 aliphatic carbocycles. The van der Waals surface area contributed by atoms with Crippen molar-refractivity contribution in [1.29, 1.82) is 0 Å². The Balaban J connectivity index is 0.914. The van der Waals surface area contributed by atoms with Gasteiger partial charge in [0, 0.05) is 11.3 Å². The topological polar surface area (TPSA) is 483 Å². The molecule has 30 nitrogen and oxygen atoms in total. The third-order valence-electron chi connectivity index (χ3n) is 24.9. The van der Waals surface area contributed by atoms with Gasteiger partial charge in [-0.2, -0.15) is 0 Å². The van der Waals surface area contributed by atoms with Crippen molar-refractivity contribution in [3.8, 4) is 0 Å². The molecule has 30 heteroatoms. The van der Waals surface area contributed by atoms with Crippen LogP contribution in [0.3, 0.4) is 0 Å². The van der Waals surface area contributed by atoms with Crippen molar-refractivity contribution in [2.45, 2.75) is 304 Å². The van der Waals surface area contributed by atoms with E-state index < -0.39 is 247 Å². The first-order chi connectivity index (χ1) is 41.9. The predicted octanol–water partition coefficient (Wildman–Crippen LogP) is -5.12. The molecule has 0 aromatic rings. The maximum atomic E-state index is 13.4. The average Bonchev–Trinajstić information content (AvgIpc) is 1.36. The Labute approximate surface area is 520 Å². The molecule has 0 amide bonds. The molecule has 6 saturated heterocycles. The van der Waals surface area contributed by atoms with Crippen LogP contribution in [0.5, 0.6) is 0 Å². The maximum absolute atomic E-state index is 13.4. The molecule has 11 aliphatic rings. The molecule has 6 aliphatic heterocycles. The maximum Gasteiger partial charge on any atom is 0.335 e. The fourth-order valence-corrected chi connectivity index (χ4v) is 19.6. The summed E-state index contributed by atoms with van der Waals surface area (Å²) >= 11 is 0. The molecule has 11 fully saturated rings. The van der Waals surface area contributed by atoms with Gasteiger partial charge in [0.25, 0.3) is 0 Å². The minimum atomic E-state index is -2.35. The first-order valence-electron chi connectivity index (χ1n) is 31.8. The molecule has 0 aromatic carbocycles. The summed E-state index contributed by atoms with van der Waals surface area (Å²) in [6.45, 7) is 15.1. The number of aliphatic carboxylic acids is 1. The summed E-state index contributed by atoms with van der Waals surface area (Å²) in [5, 5.41) is 203. The minimum Gasteiger partial charge on any atom is -0.479 e. The number of hydrogen-bond donors (Lipinski definition) is 18. The van der Waals surface area contributed by atoms with Crippen LogP contribution in [0.4, 0.5) is 0 Å². The van der Waals surface area contributed by atoms with E-state index in [0.717, 1.165) is 0 Å². The second-order valence-corrected chi connectivity index (χ2v) is 30.1. The first kappa shape index (κ1) is 69.7. The van der Waals surface area contributed by atoms with Gasteiger partial charge in [0.2, 0.25) is 0 Å². The molecule has 11 rings (SSSR count). The Bertz CT molecular complexity index is 2550. The summed E-state index contributed by atoms with van der Waals surface area (Å²) in [5.74, 6) is -2.44. The summed E-state index contributed by atoms with van der Waals surface area (Å²) in [7, 11) is 0. The molecule has 0 aromatic heterocycles. The van der Waals surface area contributed by atoms with Crippen molar-refractivity contribution >= 4 is 5.97 Å².